The van der Waals surface area contributed by atoms with Gasteiger partial charge in [0.15, 0.2) is 5.60 Å². The highest BCUT2D eigenvalue weighted by atomic mass is 19.1. The summed E-state index contributed by atoms with van der Waals surface area (Å²) >= 11 is 0. The summed E-state index contributed by atoms with van der Waals surface area (Å²) in [6.07, 6.45) is 2.02. The summed E-state index contributed by atoms with van der Waals surface area (Å²) in [4.78, 5) is 85.8. The molecule has 0 radical (unpaired) electrons. The number of methoxy groups -OCH3 is 1. The van der Waals surface area contributed by atoms with Gasteiger partial charge < -0.3 is 65.1 Å². The first-order valence-electron chi connectivity index (χ1n) is 24.1. The van der Waals surface area contributed by atoms with E-state index in [2.05, 4.69) is 21.3 Å². The smallest absolute Gasteiger partial charge is 0.343 e. The predicted molar refractivity (Wildman–Crippen MR) is 253 cm³/mol. The molecule has 0 unspecified atom stereocenters. The Morgan fingerprint density at radius 1 is 0.929 bits per heavy atom. The summed E-state index contributed by atoms with van der Waals surface area (Å²) in [6, 6.07) is 0.243. The number of fused-ring (bicyclic) bond motifs is 5. The molecule has 0 saturated heterocycles. The number of pyridine rings is 2. The number of nitrogens with zero attached hydrogens (tertiary/aromatic N) is 2. The Balaban J connectivity index is 1.06. The van der Waals surface area contributed by atoms with E-state index in [1.807, 2.05) is 0 Å². The van der Waals surface area contributed by atoms with Gasteiger partial charge in [0.25, 0.3) is 5.56 Å². The van der Waals surface area contributed by atoms with Crippen LogP contribution < -0.4 is 32.6 Å². The zero-order valence-corrected chi connectivity index (χ0v) is 40.8. The first-order chi connectivity index (χ1) is 33.6. The van der Waals surface area contributed by atoms with Crippen LogP contribution >= 0.6 is 0 Å². The molecule has 21 heteroatoms. The lowest BCUT2D eigenvalue weighted by molar-refractivity contribution is -0.172. The number of carbonyl (C=O) groups excluding carboxylic acids is 5. The number of nitrogens with one attached hydrogen (secondary N) is 4. The van der Waals surface area contributed by atoms with Crippen LogP contribution in [0.1, 0.15) is 98.7 Å². The molecule has 0 spiro atoms. The molecular formula is C49H68FN7O13. The van der Waals surface area contributed by atoms with E-state index in [1.165, 1.54) is 10.6 Å². The van der Waals surface area contributed by atoms with Gasteiger partial charge in [-0.25, -0.2) is 14.2 Å². The Kier molecular flexibility index (Phi) is 19.3. The number of amides is 4. The highest BCUT2D eigenvalue weighted by Gasteiger charge is 2.46. The van der Waals surface area contributed by atoms with Crippen molar-refractivity contribution in [3.8, 4) is 11.4 Å². The molecule has 3 aliphatic rings. The Labute approximate surface area is 406 Å². The van der Waals surface area contributed by atoms with Crippen LogP contribution in [0.15, 0.2) is 16.9 Å². The average Bonchev–Trinajstić information content (AvgIpc) is 3.71. The topological polar surface area (TPSA) is 270 Å². The van der Waals surface area contributed by atoms with Crippen LogP contribution in [0.2, 0.25) is 0 Å². The van der Waals surface area contributed by atoms with Gasteiger partial charge in [-0.3, -0.25) is 24.0 Å². The minimum Gasteiger partial charge on any atom is -0.458 e. The molecule has 4 amide bonds. The molecule has 0 fully saturated rings. The molecule has 7 N–H and O–H groups in total. The molecule has 0 saturated carbocycles. The number of unbranched alkanes of at least 4 members (excludes halogenated alkanes) is 1. The summed E-state index contributed by atoms with van der Waals surface area (Å²) in [5.74, 6) is -3.78. The second-order valence-electron chi connectivity index (χ2n) is 18.0. The van der Waals surface area contributed by atoms with E-state index in [0.717, 1.165) is 5.56 Å². The molecule has 4 heterocycles. The van der Waals surface area contributed by atoms with Crippen molar-refractivity contribution in [1.29, 1.82) is 0 Å². The minimum atomic E-state index is -2.04. The number of carbonyl (C=O) groups is 5. The number of benzene rings is 1. The van der Waals surface area contributed by atoms with Crippen molar-refractivity contribution >= 4 is 40.5 Å². The second-order valence-corrected chi connectivity index (χ2v) is 18.0. The minimum absolute atomic E-state index is 0.0106. The Bertz CT molecular complexity index is 2450. The molecule has 0 bridgehead atoms. The van der Waals surface area contributed by atoms with Crippen LogP contribution in [0.5, 0.6) is 0 Å². The molecule has 20 nitrogen and oxygen atoms in total. The third-order valence-electron chi connectivity index (χ3n) is 13.0. The zero-order valence-electron chi connectivity index (χ0n) is 40.8. The van der Waals surface area contributed by atoms with Gasteiger partial charge in [-0.15, -0.1) is 0 Å². The largest absolute Gasteiger partial charge is 0.458 e. The standard InChI is InChI=1S/C49H68FN7O13/c1-6-49(64)33-23-38-44-31(26-57(38)47(62)32(33)27-70-48(49)63)42-35(11-10-30-29(4)34(50)24-37(54-44)41(30)42)53-40(59)25-52-45(60)36(9-7-8-13-51)55-46(61)43(28(2)3)56-39(58)12-14-66-17-18-68-21-22-69-20-19-67-16-15-65-5/h23-24,28,35-36,43,64H,6-22,25-27,51H2,1-5H3,(H,52,60)(H,53,59)(H,55,61)(H,56,58)/t35-,36-,43-,49-/m0/s1. The lowest BCUT2D eigenvalue weighted by Crippen LogP contribution is -2.56. The fourth-order valence-electron chi connectivity index (χ4n) is 9.11. The molecule has 6 rings (SSSR count). The molecule has 1 aromatic carbocycles. The fraction of sp³-hybridized carbons (Fsp3) is 0.612. The van der Waals surface area contributed by atoms with Crippen molar-refractivity contribution in [3.63, 3.8) is 0 Å². The number of cyclic esters (lactones) is 1. The third-order valence-corrected chi connectivity index (χ3v) is 13.0. The highest BCUT2D eigenvalue weighted by molar-refractivity contribution is 5.95. The van der Waals surface area contributed by atoms with Gasteiger partial charge >= 0.3 is 5.97 Å². The lowest BCUT2D eigenvalue weighted by Gasteiger charge is -2.31. The van der Waals surface area contributed by atoms with Crippen LogP contribution in [-0.2, 0) is 77.6 Å². The van der Waals surface area contributed by atoms with E-state index in [4.69, 9.17) is 39.1 Å². The molecule has 70 heavy (non-hydrogen) atoms. The SMILES string of the molecule is CC[C@@]1(O)C(=O)OCc2c1cc1n(c2=O)Cc2c-1nc1cc(F)c(C)c3c1c2[C@@H](NC(=O)CNC(=O)[C@H](CCCCN)NC(=O)[C@@H](NC(=O)CCOCCOCCOCCOCCOC)C(C)C)CC3. The van der Waals surface area contributed by atoms with Crippen molar-refractivity contribution in [2.75, 3.05) is 79.7 Å². The van der Waals surface area contributed by atoms with Gasteiger partial charge in [0.2, 0.25) is 23.6 Å². The number of halogens is 1. The van der Waals surface area contributed by atoms with E-state index < -0.39 is 71.2 Å². The van der Waals surface area contributed by atoms with Crippen LogP contribution in [-0.4, -0.2) is 136 Å². The second kappa shape index (κ2) is 25.1. The summed E-state index contributed by atoms with van der Waals surface area (Å²) < 4.78 is 48.8. The first-order valence-corrected chi connectivity index (χ1v) is 24.1. The van der Waals surface area contributed by atoms with Gasteiger partial charge in [0.1, 0.15) is 24.5 Å². The summed E-state index contributed by atoms with van der Waals surface area (Å²) in [5, 5.41) is 23.3. The summed E-state index contributed by atoms with van der Waals surface area (Å²) in [5.41, 5.74) is 7.01. The van der Waals surface area contributed by atoms with Crippen molar-refractivity contribution in [2.24, 2.45) is 11.7 Å². The Morgan fingerprint density at radius 3 is 2.24 bits per heavy atom. The van der Waals surface area contributed by atoms with E-state index >= 15 is 4.39 Å². The van der Waals surface area contributed by atoms with Gasteiger partial charge in [0.05, 0.1) is 101 Å². The first kappa shape index (κ1) is 53.9. The van der Waals surface area contributed by atoms with E-state index in [9.17, 15) is 33.9 Å². The van der Waals surface area contributed by atoms with Crippen molar-refractivity contribution in [1.82, 2.24) is 30.8 Å². The molecule has 4 atom stereocenters. The van der Waals surface area contributed by atoms with Crippen LogP contribution in [0.25, 0.3) is 22.3 Å². The van der Waals surface area contributed by atoms with Gasteiger partial charge in [-0.05, 0) is 80.7 Å². The number of hydrogen-bond donors (Lipinski definition) is 6. The van der Waals surface area contributed by atoms with Crippen molar-refractivity contribution in [2.45, 2.75) is 110 Å². The van der Waals surface area contributed by atoms with E-state index in [-0.39, 0.29) is 62.7 Å². The maximum absolute atomic E-state index is 15.4. The Hall–Kier alpha value is -5.42. The van der Waals surface area contributed by atoms with Crippen molar-refractivity contribution < 1.29 is 61.9 Å². The zero-order chi connectivity index (χ0) is 50.5. The fourth-order valence-corrected chi connectivity index (χ4v) is 9.11. The van der Waals surface area contributed by atoms with Crippen molar-refractivity contribution in [3.05, 3.63) is 61.7 Å². The third kappa shape index (κ3) is 12.5. The summed E-state index contributed by atoms with van der Waals surface area (Å²) in [6.45, 7) is 9.89. The summed E-state index contributed by atoms with van der Waals surface area (Å²) in [7, 11) is 1.61. The number of aryl methyl sites for hydroxylation is 1. The number of aromatic nitrogens is 2. The number of esters is 1. The van der Waals surface area contributed by atoms with E-state index in [1.54, 1.807) is 40.9 Å². The number of aliphatic hydroxyl groups is 1. The Morgan fingerprint density at radius 2 is 1.60 bits per heavy atom. The molecule has 2 aliphatic heterocycles. The van der Waals surface area contributed by atoms with E-state index in [0.29, 0.717) is 117 Å². The molecule has 3 aromatic rings. The van der Waals surface area contributed by atoms with Crippen LogP contribution in [0.4, 0.5) is 4.39 Å². The van der Waals surface area contributed by atoms with Gasteiger partial charge in [0, 0.05) is 36.1 Å². The lowest BCUT2D eigenvalue weighted by atomic mass is 9.81. The molecule has 1 aliphatic carbocycles. The molecule has 384 valence electrons. The predicted octanol–water partition coefficient (Wildman–Crippen LogP) is 1.60. The van der Waals surface area contributed by atoms with Gasteiger partial charge in [-0.2, -0.15) is 0 Å². The van der Waals surface area contributed by atoms with Gasteiger partial charge in [-0.1, -0.05) is 20.8 Å². The number of hydrogen-bond acceptors (Lipinski definition) is 15. The monoisotopic (exact) mass is 981 g/mol. The quantitative estimate of drug-likeness (QED) is 0.0349. The molecular weight excluding hydrogens is 914 g/mol. The number of nitrogens with two attached hydrogens (primary N) is 1. The number of ether oxygens (including phenoxy) is 6. The number of rotatable bonds is 28. The maximum Gasteiger partial charge on any atom is 0.343 e. The van der Waals surface area contributed by atoms with Crippen LogP contribution in [0, 0.1) is 18.7 Å². The highest BCUT2D eigenvalue weighted by Crippen LogP contribution is 2.46. The maximum atomic E-state index is 15.4. The molecule has 2 aromatic heterocycles. The van der Waals surface area contributed by atoms with Crippen LogP contribution in [0.3, 0.4) is 0 Å². The average molecular weight is 982 g/mol. The normalized spacial score (nSPS) is 17.6.